The molecule has 1 amide bonds. The van der Waals surface area contributed by atoms with E-state index in [4.69, 9.17) is 0 Å². The number of hydrogen-bond acceptors (Lipinski definition) is 2. The van der Waals surface area contributed by atoms with Crippen LogP contribution in [-0.4, -0.2) is 30.4 Å². The summed E-state index contributed by atoms with van der Waals surface area (Å²) in [7, 11) is 0. The smallest absolute Gasteiger partial charge is 0.225 e. The highest BCUT2D eigenvalue weighted by atomic mass is 16.2. The molecule has 1 heterocycles. The molecule has 2 rings (SSSR count). The van der Waals surface area contributed by atoms with Gasteiger partial charge < -0.3 is 5.32 Å². The van der Waals surface area contributed by atoms with Crippen LogP contribution in [-0.2, 0) is 11.3 Å². The number of nitrogens with one attached hydrogen (secondary N) is 1. The summed E-state index contributed by atoms with van der Waals surface area (Å²) in [6.45, 7) is 14.3. The SMILES string of the molecule is Cc1ccc(CN2CCC[C@@H](CNC(=O)C(C)(C)C)C2)cc1C. The second-order valence-corrected chi connectivity index (χ2v) is 8.12. The fourth-order valence-corrected chi connectivity index (χ4v) is 3.12. The number of aryl methyl sites for hydroxylation is 2. The van der Waals surface area contributed by atoms with Crippen molar-refractivity contribution in [2.45, 2.75) is 54.0 Å². The van der Waals surface area contributed by atoms with Gasteiger partial charge in [0.1, 0.15) is 0 Å². The minimum atomic E-state index is -0.298. The molecule has 3 nitrogen and oxygen atoms in total. The molecule has 1 fully saturated rings. The Balaban J connectivity index is 1.85. The van der Waals surface area contributed by atoms with Crippen LogP contribution >= 0.6 is 0 Å². The van der Waals surface area contributed by atoms with Gasteiger partial charge in [-0.15, -0.1) is 0 Å². The lowest BCUT2D eigenvalue weighted by Crippen LogP contribution is -2.43. The van der Waals surface area contributed by atoms with Gasteiger partial charge >= 0.3 is 0 Å². The van der Waals surface area contributed by atoms with Gasteiger partial charge in [-0.25, -0.2) is 0 Å². The molecule has 3 heteroatoms. The van der Waals surface area contributed by atoms with Crippen LogP contribution < -0.4 is 5.32 Å². The topological polar surface area (TPSA) is 32.3 Å². The van der Waals surface area contributed by atoms with Crippen molar-refractivity contribution < 1.29 is 4.79 Å². The van der Waals surface area contributed by atoms with E-state index in [0.29, 0.717) is 5.92 Å². The van der Waals surface area contributed by atoms with Crippen LogP contribution in [0, 0.1) is 25.2 Å². The van der Waals surface area contributed by atoms with Gasteiger partial charge in [-0.05, 0) is 55.8 Å². The standard InChI is InChI=1S/C20H32N2O/c1-15-8-9-17(11-16(15)2)13-22-10-6-7-18(14-22)12-21-19(23)20(3,4)5/h8-9,11,18H,6-7,10,12-14H2,1-5H3,(H,21,23)/t18-/m0/s1. The highest BCUT2D eigenvalue weighted by Gasteiger charge is 2.24. The summed E-state index contributed by atoms with van der Waals surface area (Å²) in [5, 5.41) is 3.13. The van der Waals surface area contributed by atoms with Gasteiger partial charge in [0, 0.05) is 25.0 Å². The van der Waals surface area contributed by atoms with Crippen molar-refractivity contribution in [1.29, 1.82) is 0 Å². The molecule has 128 valence electrons. The third kappa shape index (κ3) is 5.35. The Bertz CT molecular complexity index is 545. The maximum Gasteiger partial charge on any atom is 0.225 e. The lowest BCUT2D eigenvalue weighted by atomic mass is 9.94. The van der Waals surface area contributed by atoms with E-state index in [1.165, 1.54) is 29.5 Å². The first-order valence-electron chi connectivity index (χ1n) is 8.82. The summed E-state index contributed by atoms with van der Waals surface area (Å²) >= 11 is 0. The van der Waals surface area contributed by atoms with E-state index >= 15 is 0 Å². The van der Waals surface area contributed by atoms with Crippen LogP contribution in [0.5, 0.6) is 0 Å². The summed E-state index contributed by atoms with van der Waals surface area (Å²) in [6.07, 6.45) is 2.44. The number of hydrogen-bond donors (Lipinski definition) is 1. The molecule has 1 aliphatic heterocycles. The zero-order chi connectivity index (χ0) is 17.0. The van der Waals surface area contributed by atoms with Crippen molar-refractivity contribution >= 4 is 5.91 Å². The molecule has 1 N–H and O–H groups in total. The predicted octanol–water partition coefficient (Wildman–Crippen LogP) is 3.68. The van der Waals surface area contributed by atoms with E-state index in [0.717, 1.165) is 26.2 Å². The number of likely N-dealkylation sites (tertiary alicyclic amines) is 1. The Kier molecular flexibility index (Phi) is 5.85. The van der Waals surface area contributed by atoms with Crippen molar-refractivity contribution in [3.8, 4) is 0 Å². The van der Waals surface area contributed by atoms with Gasteiger partial charge in [0.25, 0.3) is 0 Å². The molecule has 0 bridgehead atoms. The van der Waals surface area contributed by atoms with Gasteiger partial charge in [0.15, 0.2) is 0 Å². The normalized spacial score (nSPS) is 19.6. The second-order valence-electron chi connectivity index (χ2n) is 8.12. The van der Waals surface area contributed by atoms with Crippen LogP contribution in [0.1, 0.15) is 50.3 Å². The third-order valence-electron chi connectivity index (χ3n) is 4.81. The first kappa shape index (κ1) is 18.0. The van der Waals surface area contributed by atoms with E-state index in [1.54, 1.807) is 0 Å². The fraction of sp³-hybridized carbons (Fsp3) is 0.650. The number of piperidine rings is 1. The van der Waals surface area contributed by atoms with Crippen molar-refractivity contribution in [3.05, 3.63) is 34.9 Å². The lowest BCUT2D eigenvalue weighted by Gasteiger charge is -2.33. The molecule has 0 spiro atoms. The van der Waals surface area contributed by atoms with Gasteiger partial charge in [0.05, 0.1) is 0 Å². The highest BCUT2D eigenvalue weighted by molar-refractivity contribution is 5.81. The Hall–Kier alpha value is -1.35. The van der Waals surface area contributed by atoms with Crippen LogP contribution in [0.4, 0.5) is 0 Å². The molecule has 23 heavy (non-hydrogen) atoms. The van der Waals surface area contributed by atoms with Crippen molar-refractivity contribution in [2.75, 3.05) is 19.6 Å². The molecular formula is C20H32N2O. The zero-order valence-electron chi connectivity index (χ0n) is 15.4. The summed E-state index contributed by atoms with van der Waals surface area (Å²) < 4.78 is 0. The molecule has 1 atom stereocenters. The average molecular weight is 316 g/mol. The number of rotatable bonds is 4. The van der Waals surface area contributed by atoms with Gasteiger partial charge in [-0.2, -0.15) is 0 Å². The number of carbonyl (C=O) groups is 1. The Morgan fingerprint density at radius 3 is 2.65 bits per heavy atom. The summed E-state index contributed by atoms with van der Waals surface area (Å²) in [5.74, 6) is 0.727. The average Bonchev–Trinajstić information content (AvgIpc) is 2.48. The second kappa shape index (κ2) is 7.48. The number of carbonyl (C=O) groups excluding carboxylic acids is 1. The highest BCUT2D eigenvalue weighted by Crippen LogP contribution is 2.20. The molecule has 0 radical (unpaired) electrons. The zero-order valence-corrected chi connectivity index (χ0v) is 15.4. The maximum atomic E-state index is 12.0. The van der Waals surface area contributed by atoms with Crippen molar-refractivity contribution in [3.63, 3.8) is 0 Å². The van der Waals surface area contributed by atoms with Crippen LogP contribution in [0.2, 0.25) is 0 Å². The summed E-state index contributed by atoms with van der Waals surface area (Å²) in [4.78, 5) is 14.6. The largest absolute Gasteiger partial charge is 0.355 e. The first-order valence-corrected chi connectivity index (χ1v) is 8.82. The maximum absolute atomic E-state index is 12.0. The summed E-state index contributed by atoms with van der Waals surface area (Å²) in [5.41, 5.74) is 3.82. The lowest BCUT2D eigenvalue weighted by molar-refractivity contribution is -0.128. The van der Waals surface area contributed by atoms with E-state index in [2.05, 4.69) is 42.3 Å². The van der Waals surface area contributed by atoms with Crippen molar-refractivity contribution in [2.24, 2.45) is 11.3 Å². The Morgan fingerprint density at radius 2 is 2.00 bits per heavy atom. The third-order valence-corrected chi connectivity index (χ3v) is 4.81. The first-order chi connectivity index (χ1) is 10.8. The van der Waals surface area contributed by atoms with Crippen LogP contribution in [0.15, 0.2) is 18.2 Å². The Labute approximate surface area is 141 Å². The molecule has 0 unspecified atom stereocenters. The molecule has 1 aromatic rings. The minimum absolute atomic E-state index is 0.156. The van der Waals surface area contributed by atoms with Gasteiger partial charge in [-0.1, -0.05) is 39.0 Å². The molecular weight excluding hydrogens is 284 g/mol. The quantitative estimate of drug-likeness (QED) is 0.919. The summed E-state index contributed by atoms with van der Waals surface area (Å²) in [6, 6.07) is 6.77. The van der Waals surface area contributed by atoms with E-state index in [1.807, 2.05) is 20.8 Å². The molecule has 1 saturated heterocycles. The van der Waals surface area contributed by atoms with Gasteiger partial charge in [-0.3, -0.25) is 9.69 Å². The number of benzene rings is 1. The van der Waals surface area contributed by atoms with E-state index in [9.17, 15) is 4.79 Å². The monoisotopic (exact) mass is 316 g/mol. The number of amides is 1. The molecule has 0 aromatic heterocycles. The molecule has 1 aromatic carbocycles. The van der Waals surface area contributed by atoms with E-state index in [-0.39, 0.29) is 11.3 Å². The minimum Gasteiger partial charge on any atom is -0.355 e. The van der Waals surface area contributed by atoms with Crippen LogP contribution in [0.25, 0.3) is 0 Å². The van der Waals surface area contributed by atoms with E-state index < -0.39 is 0 Å². The van der Waals surface area contributed by atoms with Gasteiger partial charge in [0.2, 0.25) is 5.91 Å². The predicted molar refractivity (Wildman–Crippen MR) is 96.4 cm³/mol. The molecule has 1 aliphatic rings. The number of nitrogens with zero attached hydrogens (tertiary/aromatic N) is 1. The van der Waals surface area contributed by atoms with Crippen LogP contribution in [0.3, 0.4) is 0 Å². The Morgan fingerprint density at radius 1 is 1.26 bits per heavy atom. The van der Waals surface area contributed by atoms with Crippen molar-refractivity contribution in [1.82, 2.24) is 10.2 Å². The molecule has 0 aliphatic carbocycles. The molecule has 0 saturated carbocycles. The fourth-order valence-electron chi connectivity index (χ4n) is 3.12.